The third-order valence-electron chi connectivity index (χ3n) is 2.72. The van der Waals surface area contributed by atoms with Crippen LogP contribution in [0.2, 0.25) is 0 Å². The van der Waals surface area contributed by atoms with Crippen LogP contribution in [-0.2, 0) is 4.79 Å². The molecule has 0 radical (unpaired) electrons. The molecule has 10 heavy (non-hydrogen) atoms. The molecule has 3 nitrogen and oxygen atoms in total. The Morgan fingerprint density at radius 2 is 2.30 bits per heavy atom. The van der Waals surface area contributed by atoms with Crippen LogP contribution in [0.1, 0.15) is 12.8 Å². The van der Waals surface area contributed by atoms with Crippen LogP contribution in [-0.4, -0.2) is 23.7 Å². The molecule has 0 spiro atoms. The van der Waals surface area contributed by atoms with Crippen molar-refractivity contribution in [3.05, 3.63) is 0 Å². The standard InChI is InChI=1S/C7H11NO2/c9-7(10)6-4-1-2-5(6)8-3-4/h4-6,8H,1-3H2,(H,9,10)/t4-,5-,6-/m0/s1. The van der Waals surface area contributed by atoms with Crippen LogP contribution in [0.3, 0.4) is 0 Å². The van der Waals surface area contributed by atoms with Gasteiger partial charge in [-0.1, -0.05) is 0 Å². The largest absolute Gasteiger partial charge is 0.481 e. The van der Waals surface area contributed by atoms with Crippen molar-refractivity contribution in [2.45, 2.75) is 18.9 Å². The van der Waals surface area contributed by atoms with Gasteiger partial charge in [0.25, 0.3) is 0 Å². The molecule has 0 aromatic heterocycles. The normalized spacial score (nSPS) is 44.2. The van der Waals surface area contributed by atoms with E-state index in [1.165, 1.54) is 0 Å². The van der Waals surface area contributed by atoms with Crippen molar-refractivity contribution < 1.29 is 9.90 Å². The van der Waals surface area contributed by atoms with E-state index in [2.05, 4.69) is 5.32 Å². The molecule has 2 rings (SSSR count). The molecule has 2 fully saturated rings. The molecule has 2 N–H and O–H groups in total. The summed E-state index contributed by atoms with van der Waals surface area (Å²) in [5.41, 5.74) is 0. The molecule has 0 amide bonds. The SMILES string of the molecule is O=C(O)[C@H]1[C@H]2CC[C@@H]1NC2. The second-order valence-corrected chi connectivity index (χ2v) is 3.22. The van der Waals surface area contributed by atoms with Gasteiger partial charge < -0.3 is 10.4 Å². The Morgan fingerprint density at radius 3 is 2.50 bits per heavy atom. The number of piperidine rings is 1. The van der Waals surface area contributed by atoms with Crippen LogP contribution in [0.25, 0.3) is 0 Å². The number of carboxylic acids is 1. The zero-order valence-electron chi connectivity index (χ0n) is 5.71. The summed E-state index contributed by atoms with van der Waals surface area (Å²) < 4.78 is 0. The van der Waals surface area contributed by atoms with Crippen LogP contribution in [0.15, 0.2) is 0 Å². The van der Waals surface area contributed by atoms with Gasteiger partial charge in [0.15, 0.2) is 0 Å². The highest BCUT2D eigenvalue weighted by molar-refractivity contribution is 5.72. The molecule has 1 heterocycles. The van der Waals surface area contributed by atoms with Crippen molar-refractivity contribution in [3.8, 4) is 0 Å². The first-order valence-electron chi connectivity index (χ1n) is 3.75. The summed E-state index contributed by atoms with van der Waals surface area (Å²) in [5.74, 6) is -0.278. The van der Waals surface area contributed by atoms with E-state index in [-0.39, 0.29) is 12.0 Å². The minimum atomic E-state index is -0.613. The minimum absolute atomic E-state index is 0.0833. The summed E-state index contributed by atoms with van der Waals surface area (Å²) in [4.78, 5) is 10.6. The first kappa shape index (κ1) is 6.16. The summed E-state index contributed by atoms with van der Waals surface area (Å²) >= 11 is 0. The third kappa shape index (κ3) is 0.669. The van der Waals surface area contributed by atoms with Crippen LogP contribution in [0.5, 0.6) is 0 Å². The number of carbonyl (C=O) groups is 1. The summed E-state index contributed by atoms with van der Waals surface area (Å²) in [7, 11) is 0. The molecule has 2 aliphatic rings. The number of rotatable bonds is 1. The Kier molecular flexibility index (Phi) is 1.20. The number of carboxylic acid groups (broad SMARTS) is 1. The lowest BCUT2D eigenvalue weighted by molar-refractivity contribution is -0.142. The molecular weight excluding hydrogens is 130 g/mol. The molecule has 1 aliphatic carbocycles. The van der Waals surface area contributed by atoms with Crippen molar-refractivity contribution in [1.29, 1.82) is 0 Å². The number of hydrogen-bond acceptors (Lipinski definition) is 2. The Bertz CT molecular complexity index is 149. The summed E-state index contributed by atoms with van der Waals surface area (Å²) in [6, 6.07) is 0.280. The van der Waals surface area contributed by atoms with Crippen molar-refractivity contribution >= 4 is 5.97 Å². The van der Waals surface area contributed by atoms with Crippen LogP contribution in [0.4, 0.5) is 0 Å². The van der Waals surface area contributed by atoms with Crippen LogP contribution in [0, 0.1) is 11.8 Å². The van der Waals surface area contributed by atoms with Crippen LogP contribution < -0.4 is 5.32 Å². The van der Waals surface area contributed by atoms with Gasteiger partial charge in [0, 0.05) is 6.04 Å². The first-order valence-corrected chi connectivity index (χ1v) is 3.75. The van der Waals surface area contributed by atoms with E-state index in [1.54, 1.807) is 0 Å². The molecule has 1 aliphatic heterocycles. The van der Waals surface area contributed by atoms with E-state index in [0.717, 1.165) is 19.4 Å². The van der Waals surface area contributed by atoms with Gasteiger partial charge in [-0.15, -0.1) is 0 Å². The maximum atomic E-state index is 10.6. The van der Waals surface area contributed by atoms with E-state index in [4.69, 9.17) is 5.11 Å². The highest BCUT2D eigenvalue weighted by atomic mass is 16.4. The molecule has 0 unspecified atom stereocenters. The Balaban J connectivity index is 2.16. The molecule has 3 heteroatoms. The highest BCUT2D eigenvalue weighted by Crippen LogP contribution is 2.36. The molecule has 1 saturated carbocycles. The van der Waals surface area contributed by atoms with Crippen molar-refractivity contribution in [2.75, 3.05) is 6.54 Å². The van der Waals surface area contributed by atoms with Gasteiger partial charge in [-0.05, 0) is 25.3 Å². The number of fused-ring (bicyclic) bond motifs is 2. The predicted molar refractivity (Wildman–Crippen MR) is 35.6 cm³/mol. The first-order chi connectivity index (χ1) is 4.79. The average Bonchev–Trinajstić information content (AvgIpc) is 2.43. The fourth-order valence-corrected chi connectivity index (χ4v) is 2.22. The minimum Gasteiger partial charge on any atom is -0.481 e. The Morgan fingerprint density at radius 1 is 1.50 bits per heavy atom. The fraction of sp³-hybridized carbons (Fsp3) is 0.857. The number of nitrogens with one attached hydrogen (secondary N) is 1. The lowest BCUT2D eigenvalue weighted by atomic mass is 9.99. The van der Waals surface area contributed by atoms with Gasteiger partial charge in [0.05, 0.1) is 5.92 Å². The zero-order chi connectivity index (χ0) is 7.14. The van der Waals surface area contributed by atoms with Gasteiger partial charge in [0.1, 0.15) is 0 Å². The van der Waals surface area contributed by atoms with Crippen LogP contribution >= 0.6 is 0 Å². The van der Waals surface area contributed by atoms with E-state index in [9.17, 15) is 4.79 Å². The number of hydrogen-bond donors (Lipinski definition) is 2. The van der Waals surface area contributed by atoms with Gasteiger partial charge in [-0.25, -0.2) is 0 Å². The van der Waals surface area contributed by atoms with E-state index < -0.39 is 5.97 Å². The average molecular weight is 141 g/mol. The predicted octanol–water partition coefficient (Wildman–Crippen LogP) is 0.0690. The lowest BCUT2D eigenvalue weighted by Crippen LogP contribution is -2.28. The Labute approximate surface area is 59.4 Å². The highest BCUT2D eigenvalue weighted by Gasteiger charge is 2.45. The topological polar surface area (TPSA) is 49.3 Å². The van der Waals surface area contributed by atoms with Gasteiger partial charge in [-0.2, -0.15) is 0 Å². The molecule has 3 atom stereocenters. The molecule has 56 valence electrons. The molecule has 1 saturated heterocycles. The van der Waals surface area contributed by atoms with Gasteiger partial charge >= 0.3 is 5.97 Å². The van der Waals surface area contributed by atoms with E-state index >= 15 is 0 Å². The molecule has 0 aromatic carbocycles. The number of aliphatic carboxylic acids is 1. The quantitative estimate of drug-likeness (QED) is 0.543. The summed E-state index contributed by atoms with van der Waals surface area (Å²) in [5, 5.41) is 12.0. The summed E-state index contributed by atoms with van der Waals surface area (Å²) in [6.45, 7) is 0.918. The zero-order valence-corrected chi connectivity index (χ0v) is 5.71. The maximum absolute atomic E-state index is 10.6. The second kappa shape index (κ2) is 1.95. The van der Waals surface area contributed by atoms with Crippen molar-refractivity contribution in [3.63, 3.8) is 0 Å². The molecule has 2 bridgehead atoms. The monoisotopic (exact) mass is 141 g/mol. The molecular formula is C7H11NO2. The smallest absolute Gasteiger partial charge is 0.308 e. The lowest BCUT2D eigenvalue weighted by Gasteiger charge is -2.08. The van der Waals surface area contributed by atoms with Crippen molar-refractivity contribution in [1.82, 2.24) is 5.32 Å². The van der Waals surface area contributed by atoms with E-state index in [0.29, 0.717) is 5.92 Å². The fourth-order valence-electron chi connectivity index (χ4n) is 2.22. The van der Waals surface area contributed by atoms with Crippen molar-refractivity contribution in [2.24, 2.45) is 11.8 Å². The van der Waals surface area contributed by atoms with E-state index in [1.807, 2.05) is 0 Å². The summed E-state index contributed by atoms with van der Waals surface area (Å²) in [6.07, 6.45) is 2.16. The second-order valence-electron chi connectivity index (χ2n) is 3.22. The maximum Gasteiger partial charge on any atom is 0.308 e. The molecule has 0 aromatic rings. The van der Waals surface area contributed by atoms with Gasteiger partial charge in [-0.3, -0.25) is 4.79 Å². The van der Waals surface area contributed by atoms with Gasteiger partial charge in [0.2, 0.25) is 0 Å². The Hall–Kier alpha value is -0.570. The third-order valence-corrected chi connectivity index (χ3v) is 2.72.